The SMILES string of the molecule is Cc1ccc2c(n1)oc1c(N3C=CN(C4CCCC4)C3(C)C)c(C)ccc12. The summed E-state index contributed by atoms with van der Waals surface area (Å²) in [5, 5.41) is 2.23. The molecule has 0 radical (unpaired) electrons. The van der Waals surface area contributed by atoms with Crippen LogP contribution in [0.3, 0.4) is 0 Å². The van der Waals surface area contributed by atoms with E-state index in [1.54, 1.807) is 0 Å². The Morgan fingerprint density at radius 3 is 2.52 bits per heavy atom. The Morgan fingerprint density at radius 1 is 1.00 bits per heavy atom. The topological polar surface area (TPSA) is 32.5 Å². The van der Waals surface area contributed by atoms with Crippen molar-refractivity contribution in [2.75, 3.05) is 4.90 Å². The summed E-state index contributed by atoms with van der Waals surface area (Å²) in [5.41, 5.74) is 4.92. The highest BCUT2D eigenvalue weighted by Crippen LogP contribution is 2.44. The maximum Gasteiger partial charge on any atom is 0.227 e. The maximum atomic E-state index is 6.31. The molecule has 2 aromatic heterocycles. The lowest BCUT2D eigenvalue weighted by molar-refractivity contribution is 0.152. The monoisotopic (exact) mass is 361 g/mol. The second kappa shape index (κ2) is 5.75. The highest BCUT2D eigenvalue weighted by atomic mass is 16.3. The average molecular weight is 361 g/mol. The molecule has 0 saturated heterocycles. The molecular formula is C23H27N3O. The number of aromatic nitrogens is 1. The molecule has 140 valence electrons. The van der Waals surface area contributed by atoms with Gasteiger partial charge in [-0.25, -0.2) is 4.98 Å². The molecule has 4 heteroatoms. The van der Waals surface area contributed by atoms with Crippen LogP contribution < -0.4 is 4.90 Å². The van der Waals surface area contributed by atoms with Crippen molar-refractivity contribution < 1.29 is 4.42 Å². The van der Waals surface area contributed by atoms with Crippen LogP contribution in [0.2, 0.25) is 0 Å². The van der Waals surface area contributed by atoms with E-state index < -0.39 is 0 Å². The molecule has 1 saturated carbocycles. The van der Waals surface area contributed by atoms with Gasteiger partial charge in [0, 0.05) is 34.9 Å². The van der Waals surface area contributed by atoms with Crippen LogP contribution in [0.25, 0.3) is 22.1 Å². The fourth-order valence-corrected chi connectivity index (χ4v) is 4.92. The fourth-order valence-electron chi connectivity index (χ4n) is 4.92. The smallest absolute Gasteiger partial charge is 0.227 e. The molecule has 0 amide bonds. The second-order valence-corrected chi connectivity index (χ2v) is 8.52. The van der Waals surface area contributed by atoms with E-state index in [-0.39, 0.29) is 5.66 Å². The van der Waals surface area contributed by atoms with Crippen LogP contribution in [0, 0.1) is 13.8 Å². The maximum absolute atomic E-state index is 6.31. The Kier molecular flexibility index (Phi) is 3.55. The van der Waals surface area contributed by atoms with Gasteiger partial charge in [-0.15, -0.1) is 0 Å². The van der Waals surface area contributed by atoms with Crippen LogP contribution in [0.5, 0.6) is 0 Å². The summed E-state index contributed by atoms with van der Waals surface area (Å²) in [7, 11) is 0. The summed E-state index contributed by atoms with van der Waals surface area (Å²) in [4.78, 5) is 9.54. The van der Waals surface area contributed by atoms with Crippen molar-refractivity contribution in [2.45, 2.75) is 65.1 Å². The van der Waals surface area contributed by atoms with E-state index in [0.29, 0.717) is 6.04 Å². The highest BCUT2D eigenvalue weighted by Gasteiger charge is 2.41. The molecule has 3 aromatic rings. The molecule has 1 aliphatic heterocycles. The van der Waals surface area contributed by atoms with Crippen molar-refractivity contribution >= 4 is 27.8 Å². The van der Waals surface area contributed by atoms with Crippen molar-refractivity contribution in [3.63, 3.8) is 0 Å². The largest absolute Gasteiger partial charge is 0.435 e. The molecule has 0 atom stereocenters. The van der Waals surface area contributed by atoms with Gasteiger partial charge in [0.1, 0.15) is 5.66 Å². The normalized spacial score (nSPS) is 19.9. The summed E-state index contributed by atoms with van der Waals surface area (Å²) in [6.07, 6.45) is 9.77. The van der Waals surface area contributed by atoms with Crippen molar-refractivity contribution in [3.05, 3.63) is 47.9 Å². The Bertz CT molecular complexity index is 1060. The van der Waals surface area contributed by atoms with Crippen molar-refractivity contribution in [2.24, 2.45) is 0 Å². The molecule has 4 nitrogen and oxygen atoms in total. The number of rotatable bonds is 2. The summed E-state index contributed by atoms with van der Waals surface area (Å²) in [6.45, 7) is 8.80. The number of nitrogens with zero attached hydrogens (tertiary/aromatic N) is 3. The van der Waals surface area contributed by atoms with Gasteiger partial charge < -0.3 is 14.2 Å². The van der Waals surface area contributed by atoms with E-state index in [9.17, 15) is 0 Å². The Labute approximate surface area is 160 Å². The van der Waals surface area contributed by atoms with Crippen LogP contribution in [-0.2, 0) is 0 Å². The minimum Gasteiger partial charge on any atom is -0.435 e. The van der Waals surface area contributed by atoms with E-state index in [4.69, 9.17) is 4.42 Å². The van der Waals surface area contributed by atoms with Crippen LogP contribution in [0.4, 0.5) is 5.69 Å². The van der Waals surface area contributed by atoms with Gasteiger partial charge in [-0.1, -0.05) is 25.0 Å². The lowest BCUT2D eigenvalue weighted by Crippen LogP contribution is -2.52. The zero-order valence-electron chi connectivity index (χ0n) is 16.6. The third-order valence-corrected chi connectivity index (χ3v) is 6.38. The number of benzene rings is 1. The van der Waals surface area contributed by atoms with Gasteiger partial charge in [-0.05, 0) is 58.2 Å². The van der Waals surface area contributed by atoms with Crippen LogP contribution in [-0.4, -0.2) is 21.6 Å². The molecule has 3 heterocycles. The summed E-state index contributed by atoms with van der Waals surface area (Å²) >= 11 is 0. The van der Waals surface area contributed by atoms with Crippen LogP contribution in [0.1, 0.15) is 50.8 Å². The summed E-state index contributed by atoms with van der Waals surface area (Å²) < 4.78 is 6.31. The second-order valence-electron chi connectivity index (χ2n) is 8.52. The van der Waals surface area contributed by atoms with Crippen molar-refractivity contribution in [3.8, 4) is 0 Å². The molecule has 0 N–H and O–H groups in total. The van der Waals surface area contributed by atoms with E-state index >= 15 is 0 Å². The van der Waals surface area contributed by atoms with E-state index in [0.717, 1.165) is 33.5 Å². The van der Waals surface area contributed by atoms with Gasteiger partial charge in [0.25, 0.3) is 0 Å². The number of fused-ring (bicyclic) bond motifs is 3. The molecule has 0 unspecified atom stereocenters. The van der Waals surface area contributed by atoms with E-state index in [1.165, 1.54) is 31.2 Å². The van der Waals surface area contributed by atoms with Gasteiger partial charge in [0.05, 0.1) is 5.69 Å². The van der Waals surface area contributed by atoms with Gasteiger partial charge in [0.15, 0.2) is 5.58 Å². The van der Waals surface area contributed by atoms with E-state index in [1.807, 2.05) is 6.92 Å². The molecule has 1 aromatic carbocycles. The number of hydrogen-bond acceptors (Lipinski definition) is 4. The zero-order valence-corrected chi connectivity index (χ0v) is 16.6. The third kappa shape index (κ3) is 2.39. The van der Waals surface area contributed by atoms with Gasteiger partial charge in [-0.3, -0.25) is 0 Å². The summed E-state index contributed by atoms with van der Waals surface area (Å²) in [6, 6.07) is 9.19. The minimum atomic E-state index is -0.115. The lowest BCUT2D eigenvalue weighted by Gasteiger charge is -2.43. The average Bonchev–Trinajstić information content (AvgIpc) is 3.32. The first-order valence-electron chi connectivity index (χ1n) is 10.0. The Hall–Kier alpha value is -2.49. The molecule has 5 rings (SSSR count). The highest BCUT2D eigenvalue weighted by molar-refractivity contribution is 6.08. The van der Waals surface area contributed by atoms with Gasteiger partial charge >= 0.3 is 0 Å². The molecule has 0 spiro atoms. The summed E-state index contributed by atoms with van der Waals surface area (Å²) in [5.74, 6) is 0. The molecule has 1 aliphatic carbocycles. The predicted molar refractivity (Wildman–Crippen MR) is 111 cm³/mol. The van der Waals surface area contributed by atoms with E-state index in [2.05, 4.69) is 72.2 Å². The number of hydrogen-bond donors (Lipinski definition) is 0. The number of pyridine rings is 1. The Morgan fingerprint density at radius 2 is 1.74 bits per heavy atom. The first-order valence-corrected chi connectivity index (χ1v) is 10.0. The number of furan rings is 1. The molecule has 27 heavy (non-hydrogen) atoms. The fraction of sp³-hybridized carbons (Fsp3) is 0.435. The zero-order chi connectivity index (χ0) is 18.8. The standard InChI is InChI=1S/C23H27N3O/c1-15-9-11-18-19-12-10-16(2)24-22(19)27-21(18)20(15)26-14-13-25(23(26,3)4)17-7-5-6-8-17/h9-14,17H,5-8H2,1-4H3. The first kappa shape index (κ1) is 16.7. The lowest BCUT2D eigenvalue weighted by atomic mass is 10.0. The molecule has 2 aliphatic rings. The third-order valence-electron chi connectivity index (χ3n) is 6.38. The molecule has 1 fully saturated rings. The molecule has 0 bridgehead atoms. The van der Waals surface area contributed by atoms with Crippen molar-refractivity contribution in [1.29, 1.82) is 0 Å². The number of anilines is 1. The minimum absolute atomic E-state index is 0.115. The Balaban J connectivity index is 1.67. The van der Waals surface area contributed by atoms with Crippen molar-refractivity contribution in [1.82, 2.24) is 9.88 Å². The predicted octanol–water partition coefficient (Wildman–Crippen LogP) is 5.87. The number of aryl methyl sites for hydroxylation is 2. The van der Waals surface area contributed by atoms with Gasteiger partial charge in [-0.2, -0.15) is 0 Å². The van der Waals surface area contributed by atoms with Crippen LogP contribution >= 0.6 is 0 Å². The van der Waals surface area contributed by atoms with Crippen LogP contribution in [0.15, 0.2) is 41.1 Å². The van der Waals surface area contributed by atoms with Gasteiger partial charge in [0.2, 0.25) is 5.71 Å². The molecular weight excluding hydrogens is 334 g/mol. The quantitative estimate of drug-likeness (QED) is 0.571. The first-order chi connectivity index (χ1) is 13.0.